The summed E-state index contributed by atoms with van der Waals surface area (Å²) in [5, 5.41) is 0. The fourth-order valence-corrected chi connectivity index (χ4v) is 6.08. The monoisotopic (exact) mass is 469 g/mol. The third kappa shape index (κ3) is 4.82. The minimum Gasteiger partial charge on any atom is -0.330 e. The summed E-state index contributed by atoms with van der Waals surface area (Å²) < 4.78 is 27.6. The number of nitrogens with zero attached hydrogens (tertiary/aromatic N) is 3. The first-order chi connectivity index (χ1) is 15.7. The van der Waals surface area contributed by atoms with E-state index in [0.29, 0.717) is 50.5 Å². The number of amides is 2. The fraction of sp³-hybridized carbons (Fsp3) is 0.440. The van der Waals surface area contributed by atoms with Crippen LogP contribution in [0.25, 0.3) is 0 Å². The minimum atomic E-state index is -3.57. The number of carbonyl (C=O) groups is 2. The fourth-order valence-electron chi connectivity index (χ4n) is 4.52. The highest BCUT2D eigenvalue weighted by Gasteiger charge is 2.39. The SMILES string of the molecule is Cc1ccc(CN2CCN(C3CCN(S(=O)(=O)c4ccc(C)c(C)c4)CC3)C(=O)C2=O)cc1. The number of rotatable bonds is 5. The number of carbonyl (C=O) groups excluding carboxylic acids is 2. The third-order valence-corrected chi connectivity index (χ3v) is 8.71. The molecule has 0 bridgehead atoms. The van der Waals surface area contributed by atoms with E-state index in [1.54, 1.807) is 21.9 Å². The molecular weight excluding hydrogens is 438 g/mol. The van der Waals surface area contributed by atoms with E-state index in [-0.39, 0.29) is 6.04 Å². The number of piperidine rings is 1. The van der Waals surface area contributed by atoms with Gasteiger partial charge >= 0.3 is 11.8 Å². The average molecular weight is 470 g/mol. The predicted molar refractivity (Wildman–Crippen MR) is 126 cm³/mol. The van der Waals surface area contributed by atoms with Crippen molar-refractivity contribution in [2.75, 3.05) is 26.2 Å². The highest BCUT2D eigenvalue weighted by atomic mass is 32.2. The molecule has 2 aromatic rings. The van der Waals surface area contributed by atoms with Crippen LogP contribution in [0.5, 0.6) is 0 Å². The van der Waals surface area contributed by atoms with E-state index >= 15 is 0 Å². The Kier molecular flexibility index (Phi) is 6.59. The van der Waals surface area contributed by atoms with Gasteiger partial charge in [-0.1, -0.05) is 35.9 Å². The Bertz CT molecular complexity index is 1150. The van der Waals surface area contributed by atoms with Crippen LogP contribution < -0.4 is 0 Å². The molecule has 0 aromatic heterocycles. The molecule has 4 rings (SSSR count). The maximum atomic E-state index is 13.1. The van der Waals surface area contributed by atoms with E-state index in [2.05, 4.69) is 0 Å². The van der Waals surface area contributed by atoms with Gasteiger partial charge in [0.15, 0.2) is 0 Å². The Morgan fingerprint density at radius 3 is 2.12 bits per heavy atom. The molecule has 7 nitrogen and oxygen atoms in total. The van der Waals surface area contributed by atoms with Gasteiger partial charge in [-0.2, -0.15) is 4.31 Å². The molecule has 176 valence electrons. The molecule has 0 radical (unpaired) electrons. The highest BCUT2D eigenvalue weighted by Crippen LogP contribution is 2.26. The van der Waals surface area contributed by atoms with Crippen LogP contribution in [-0.4, -0.2) is 66.6 Å². The van der Waals surface area contributed by atoms with Crippen LogP contribution in [0.15, 0.2) is 47.4 Å². The van der Waals surface area contributed by atoms with Crippen LogP contribution in [-0.2, 0) is 26.2 Å². The minimum absolute atomic E-state index is 0.117. The van der Waals surface area contributed by atoms with Crippen LogP contribution >= 0.6 is 0 Å². The molecule has 2 aliphatic rings. The molecule has 0 aliphatic carbocycles. The first kappa shape index (κ1) is 23.4. The number of hydrogen-bond donors (Lipinski definition) is 0. The van der Waals surface area contributed by atoms with Gasteiger partial charge in [0.2, 0.25) is 10.0 Å². The second kappa shape index (κ2) is 9.27. The van der Waals surface area contributed by atoms with Crippen molar-refractivity contribution in [3.63, 3.8) is 0 Å². The van der Waals surface area contributed by atoms with Crippen molar-refractivity contribution in [2.45, 2.75) is 51.1 Å². The van der Waals surface area contributed by atoms with Gasteiger partial charge in [-0.3, -0.25) is 9.59 Å². The standard InChI is InChI=1S/C25H31N3O4S/c1-18-4-7-21(8-5-18)17-26-14-15-28(25(30)24(26)29)22-10-12-27(13-11-22)33(31,32)23-9-6-19(2)20(3)16-23/h4-9,16,22H,10-15,17H2,1-3H3. The third-order valence-electron chi connectivity index (χ3n) is 6.82. The maximum absolute atomic E-state index is 13.1. The zero-order chi connectivity index (χ0) is 23.8. The summed E-state index contributed by atoms with van der Waals surface area (Å²) in [6.45, 7) is 7.93. The van der Waals surface area contributed by atoms with Crippen LogP contribution in [0.2, 0.25) is 0 Å². The van der Waals surface area contributed by atoms with Gasteiger partial charge in [0.1, 0.15) is 0 Å². The summed E-state index contributed by atoms with van der Waals surface area (Å²) in [5.74, 6) is -0.962. The van der Waals surface area contributed by atoms with E-state index in [1.165, 1.54) is 4.31 Å². The van der Waals surface area contributed by atoms with Gasteiger partial charge in [0, 0.05) is 38.8 Å². The summed E-state index contributed by atoms with van der Waals surface area (Å²) in [6.07, 6.45) is 1.06. The maximum Gasteiger partial charge on any atom is 0.312 e. The van der Waals surface area contributed by atoms with Gasteiger partial charge in [-0.05, 0) is 62.4 Å². The molecule has 2 aromatic carbocycles. The molecular formula is C25H31N3O4S. The second-order valence-corrected chi connectivity index (χ2v) is 11.0. The number of hydrogen-bond acceptors (Lipinski definition) is 4. The lowest BCUT2D eigenvalue weighted by molar-refractivity contribution is -0.158. The summed E-state index contributed by atoms with van der Waals surface area (Å²) >= 11 is 0. The molecule has 0 spiro atoms. The van der Waals surface area contributed by atoms with Gasteiger partial charge in [0.05, 0.1) is 4.90 Å². The van der Waals surface area contributed by atoms with E-state index in [4.69, 9.17) is 0 Å². The van der Waals surface area contributed by atoms with Crippen LogP contribution in [0.1, 0.15) is 35.1 Å². The Labute approximate surface area is 196 Å². The number of aryl methyl sites for hydroxylation is 3. The summed E-state index contributed by atoms with van der Waals surface area (Å²) in [5.41, 5.74) is 4.15. The smallest absolute Gasteiger partial charge is 0.312 e. The van der Waals surface area contributed by atoms with Crippen LogP contribution in [0.4, 0.5) is 0 Å². The highest BCUT2D eigenvalue weighted by molar-refractivity contribution is 7.89. The van der Waals surface area contributed by atoms with Crippen molar-refractivity contribution in [1.82, 2.24) is 14.1 Å². The molecule has 0 atom stereocenters. The second-order valence-electron chi connectivity index (χ2n) is 9.09. The largest absolute Gasteiger partial charge is 0.330 e. The van der Waals surface area contributed by atoms with Crippen molar-refractivity contribution >= 4 is 21.8 Å². The first-order valence-corrected chi connectivity index (χ1v) is 12.8. The Hall–Kier alpha value is -2.71. The zero-order valence-electron chi connectivity index (χ0n) is 19.5. The Morgan fingerprint density at radius 1 is 0.818 bits per heavy atom. The van der Waals surface area contributed by atoms with Crippen LogP contribution in [0.3, 0.4) is 0 Å². The van der Waals surface area contributed by atoms with E-state index in [1.807, 2.05) is 51.1 Å². The molecule has 0 N–H and O–H groups in total. The first-order valence-electron chi connectivity index (χ1n) is 11.4. The zero-order valence-corrected chi connectivity index (χ0v) is 20.3. The lowest BCUT2D eigenvalue weighted by Gasteiger charge is -2.41. The van der Waals surface area contributed by atoms with Gasteiger partial charge < -0.3 is 9.80 Å². The molecule has 2 amide bonds. The molecule has 8 heteroatoms. The molecule has 2 heterocycles. The lowest BCUT2D eigenvalue weighted by atomic mass is 10.0. The average Bonchev–Trinajstić information content (AvgIpc) is 2.80. The quantitative estimate of drug-likeness (QED) is 0.631. The number of sulfonamides is 1. The van der Waals surface area contributed by atoms with Crippen molar-refractivity contribution < 1.29 is 18.0 Å². The van der Waals surface area contributed by atoms with Crippen molar-refractivity contribution in [3.05, 3.63) is 64.7 Å². The van der Waals surface area contributed by atoms with E-state index in [9.17, 15) is 18.0 Å². The van der Waals surface area contributed by atoms with Gasteiger partial charge in [0.25, 0.3) is 0 Å². The normalized spacial score (nSPS) is 18.8. The van der Waals surface area contributed by atoms with Crippen molar-refractivity contribution in [1.29, 1.82) is 0 Å². The van der Waals surface area contributed by atoms with E-state index in [0.717, 1.165) is 22.3 Å². The molecule has 33 heavy (non-hydrogen) atoms. The molecule has 2 aliphatic heterocycles. The van der Waals surface area contributed by atoms with E-state index < -0.39 is 21.8 Å². The Balaban J connectivity index is 1.37. The summed E-state index contributed by atoms with van der Waals surface area (Å²) in [6, 6.07) is 13.0. The molecule has 0 saturated carbocycles. The molecule has 0 unspecified atom stereocenters. The van der Waals surface area contributed by atoms with Gasteiger partial charge in [-0.15, -0.1) is 0 Å². The topological polar surface area (TPSA) is 78.0 Å². The van der Waals surface area contributed by atoms with Crippen LogP contribution in [0, 0.1) is 20.8 Å². The van der Waals surface area contributed by atoms with Crippen molar-refractivity contribution in [2.24, 2.45) is 0 Å². The summed E-state index contributed by atoms with van der Waals surface area (Å²) in [7, 11) is -3.57. The molecule has 2 saturated heterocycles. The molecule has 2 fully saturated rings. The Morgan fingerprint density at radius 2 is 1.48 bits per heavy atom. The van der Waals surface area contributed by atoms with Crippen molar-refractivity contribution in [3.8, 4) is 0 Å². The van der Waals surface area contributed by atoms with Gasteiger partial charge in [-0.25, -0.2) is 8.42 Å². The predicted octanol–water partition coefficient (Wildman–Crippen LogP) is 2.64. The number of piperazine rings is 1. The number of benzene rings is 2. The lowest BCUT2D eigenvalue weighted by Crippen LogP contribution is -2.58. The summed E-state index contributed by atoms with van der Waals surface area (Å²) in [4.78, 5) is 29.1.